The lowest BCUT2D eigenvalue weighted by atomic mass is 10.1. The van der Waals surface area contributed by atoms with Gasteiger partial charge >= 0.3 is 0 Å². The number of halogens is 3. The molecule has 0 fully saturated rings. The van der Waals surface area contributed by atoms with Crippen molar-refractivity contribution in [2.45, 2.75) is 11.8 Å². The van der Waals surface area contributed by atoms with Gasteiger partial charge in [-0.05, 0) is 6.07 Å². The summed E-state index contributed by atoms with van der Waals surface area (Å²) in [5.74, 6) is 0. The molecule has 1 rings (SSSR count). The van der Waals surface area contributed by atoms with Gasteiger partial charge in [-0.2, -0.15) is 5.26 Å². The number of hydrogen-bond acceptors (Lipinski definition) is 2. The summed E-state index contributed by atoms with van der Waals surface area (Å²) in [6.07, 6.45) is -1.31. The minimum absolute atomic E-state index is 0.153. The molecule has 1 aromatic heterocycles. The molecule has 0 amide bonds. The summed E-state index contributed by atoms with van der Waals surface area (Å²) >= 11 is 3.04. The second-order valence-electron chi connectivity index (χ2n) is 2.31. The van der Waals surface area contributed by atoms with Crippen LogP contribution in [0.3, 0.4) is 0 Å². The van der Waals surface area contributed by atoms with E-state index in [1.165, 1.54) is 6.20 Å². The van der Waals surface area contributed by atoms with Crippen molar-refractivity contribution in [1.82, 2.24) is 4.98 Å². The SMILES string of the molecule is N#Cc1cnc(CBr)c(C(F)F)c1. The molecule has 0 N–H and O–H groups in total. The van der Waals surface area contributed by atoms with E-state index in [0.29, 0.717) is 0 Å². The van der Waals surface area contributed by atoms with Gasteiger partial charge < -0.3 is 0 Å². The van der Waals surface area contributed by atoms with Gasteiger partial charge in [-0.25, -0.2) is 8.78 Å². The van der Waals surface area contributed by atoms with Crippen LogP contribution < -0.4 is 0 Å². The van der Waals surface area contributed by atoms with Crippen LogP contribution in [0.25, 0.3) is 0 Å². The number of nitriles is 1. The van der Waals surface area contributed by atoms with E-state index in [-0.39, 0.29) is 22.2 Å². The molecule has 1 heterocycles. The quantitative estimate of drug-likeness (QED) is 0.753. The van der Waals surface area contributed by atoms with Crippen LogP contribution >= 0.6 is 15.9 Å². The van der Waals surface area contributed by atoms with Gasteiger partial charge in [0.25, 0.3) is 6.43 Å². The Morgan fingerprint density at radius 1 is 1.62 bits per heavy atom. The molecule has 68 valence electrons. The van der Waals surface area contributed by atoms with Gasteiger partial charge in [-0.1, -0.05) is 15.9 Å². The van der Waals surface area contributed by atoms with Crippen molar-refractivity contribution in [2.24, 2.45) is 0 Å². The first kappa shape index (κ1) is 10.1. The Labute approximate surface area is 82.3 Å². The minimum Gasteiger partial charge on any atom is -0.259 e. The summed E-state index contributed by atoms with van der Waals surface area (Å²) in [5.41, 5.74) is 0.241. The van der Waals surface area contributed by atoms with E-state index < -0.39 is 6.43 Å². The maximum Gasteiger partial charge on any atom is 0.265 e. The largest absolute Gasteiger partial charge is 0.265 e. The van der Waals surface area contributed by atoms with Crippen LogP contribution in [0, 0.1) is 11.3 Å². The van der Waals surface area contributed by atoms with Crippen molar-refractivity contribution in [3.8, 4) is 6.07 Å². The highest BCUT2D eigenvalue weighted by Crippen LogP contribution is 2.23. The van der Waals surface area contributed by atoms with E-state index in [0.717, 1.165) is 6.07 Å². The number of nitrogens with zero attached hydrogens (tertiary/aromatic N) is 2. The van der Waals surface area contributed by atoms with Crippen molar-refractivity contribution in [2.75, 3.05) is 0 Å². The predicted molar refractivity (Wildman–Crippen MR) is 46.5 cm³/mol. The normalized spacial score (nSPS) is 10.1. The van der Waals surface area contributed by atoms with Gasteiger partial charge in [-0.15, -0.1) is 0 Å². The zero-order valence-corrected chi connectivity index (χ0v) is 8.05. The second-order valence-corrected chi connectivity index (χ2v) is 2.87. The molecule has 0 radical (unpaired) electrons. The molecule has 0 atom stereocenters. The Hall–Kier alpha value is -1.02. The first-order chi connectivity index (χ1) is 6.19. The first-order valence-corrected chi connectivity index (χ1v) is 4.54. The fourth-order valence-electron chi connectivity index (χ4n) is 0.872. The van der Waals surface area contributed by atoms with Crippen LogP contribution in [0.15, 0.2) is 12.3 Å². The third-order valence-electron chi connectivity index (χ3n) is 1.49. The summed E-state index contributed by atoms with van der Waals surface area (Å²) in [6, 6.07) is 2.92. The summed E-state index contributed by atoms with van der Waals surface area (Å²) in [6.45, 7) is 0. The smallest absolute Gasteiger partial charge is 0.259 e. The predicted octanol–water partition coefficient (Wildman–Crippen LogP) is 2.79. The van der Waals surface area contributed by atoms with Gasteiger partial charge in [0.05, 0.1) is 11.3 Å². The van der Waals surface area contributed by atoms with Crippen LogP contribution in [0.4, 0.5) is 8.78 Å². The molecule has 0 bridgehead atoms. The molecule has 0 aliphatic rings. The highest BCUT2D eigenvalue weighted by molar-refractivity contribution is 9.08. The molecule has 0 unspecified atom stereocenters. The molecule has 1 aromatic rings. The molecule has 0 saturated carbocycles. The third-order valence-corrected chi connectivity index (χ3v) is 2.03. The standard InChI is InChI=1S/C8H5BrF2N2/c9-2-7-6(8(10)11)1-5(3-12)4-13-7/h1,4,8H,2H2. The van der Waals surface area contributed by atoms with Crippen molar-refractivity contribution in [1.29, 1.82) is 5.26 Å². The molecule has 0 spiro atoms. The van der Waals surface area contributed by atoms with Crippen LogP contribution in [0.1, 0.15) is 23.2 Å². The Balaban J connectivity index is 3.20. The fourth-order valence-corrected chi connectivity index (χ4v) is 1.34. The van der Waals surface area contributed by atoms with Crippen LogP contribution in [0.5, 0.6) is 0 Å². The van der Waals surface area contributed by atoms with E-state index >= 15 is 0 Å². The zero-order valence-electron chi connectivity index (χ0n) is 6.47. The van der Waals surface area contributed by atoms with E-state index in [1.807, 2.05) is 0 Å². The molecule has 2 nitrogen and oxygen atoms in total. The summed E-state index contributed by atoms with van der Waals surface area (Å²) < 4.78 is 24.7. The third kappa shape index (κ3) is 2.22. The lowest BCUT2D eigenvalue weighted by Gasteiger charge is -2.04. The average molecular weight is 247 g/mol. The summed E-state index contributed by atoms with van der Waals surface area (Å²) in [4.78, 5) is 3.74. The Morgan fingerprint density at radius 2 is 2.31 bits per heavy atom. The summed E-state index contributed by atoms with van der Waals surface area (Å²) in [5, 5.41) is 8.72. The van der Waals surface area contributed by atoms with E-state index in [9.17, 15) is 8.78 Å². The van der Waals surface area contributed by atoms with E-state index in [4.69, 9.17) is 5.26 Å². The van der Waals surface area contributed by atoms with Crippen molar-refractivity contribution in [3.05, 3.63) is 29.1 Å². The van der Waals surface area contributed by atoms with E-state index in [2.05, 4.69) is 20.9 Å². The highest BCUT2D eigenvalue weighted by Gasteiger charge is 2.13. The second kappa shape index (κ2) is 4.28. The van der Waals surface area contributed by atoms with E-state index in [1.54, 1.807) is 6.07 Å². The minimum atomic E-state index is -2.59. The van der Waals surface area contributed by atoms with Gasteiger partial charge in [0.15, 0.2) is 0 Å². The molecular weight excluding hydrogens is 242 g/mol. The molecule has 5 heteroatoms. The summed E-state index contributed by atoms with van der Waals surface area (Å²) in [7, 11) is 0. The number of pyridine rings is 1. The lowest BCUT2D eigenvalue weighted by Crippen LogP contribution is -1.96. The van der Waals surface area contributed by atoms with Crippen molar-refractivity contribution >= 4 is 15.9 Å². The number of alkyl halides is 3. The average Bonchev–Trinajstić information content (AvgIpc) is 2.16. The number of aromatic nitrogens is 1. The fraction of sp³-hybridized carbons (Fsp3) is 0.250. The lowest BCUT2D eigenvalue weighted by molar-refractivity contribution is 0.150. The molecule has 0 aliphatic carbocycles. The van der Waals surface area contributed by atoms with Crippen LogP contribution in [-0.2, 0) is 5.33 Å². The Bertz CT molecular complexity index is 346. The number of rotatable bonds is 2. The molecule has 0 saturated heterocycles. The van der Waals surface area contributed by atoms with Crippen molar-refractivity contribution < 1.29 is 8.78 Å². The number of hydrogen-bond donors (Lipinski definition) is 0. The van der Waals surface area contributed by atoms with Crippen molar-refractivity contribution in [3.63, 3.8) is 0 Å². The highest BCUT2D eigenvalue weighted by atomic mass is 79.9. The van der Waals surface area contributed by atoms with Gasteiger partial charge in [0, 0.05) is 17.1 Å². The Morgan fingerprint density at radius 3 is 2.77 bits per heavy atom. The maximum atomic E-state index is 12.4. The van der Waals surface area contributed by atoms with Gasteiger partial charge in [-0.3, -0.25) is 4.98 Å². The topological polar surface area (TPSA) is 36.7 Å². The molecule has 0 aliphatic heterocycles. The van der Waals surface area contributed by atoms with Crippen LogP contribution in [-0.4, -0.2) is 4.98 Å². The molecule has 0 aromatic carbocycles. The molecule has 13 heavy (non-hydrogen) atoms. The van der Waals surface area contributed by atoms with Gasteiger partial charge in [0.2, 0.25) is 0 Å². The van der Waals surface area contributed by atoms with Gasteiger partial charge in [0.1, 0.15) is 6.07 Å². The Kier molecular flexibility index (Phi) is 3.32. The first-order valence-electron chi connectivity index (χ1n) is 3.42. The maximum absolute atomic E-state index is 12.4. The monoisotopic (exact) mass is 246 g/mol. The molecular formula is C8H5BrF2N2. The van der Waals surface area contributed by atoms with Crippen LogP contribution in [0.2, 0.25) is 0 Å². The zero-order chi connectivity index (χ0) is 9.84.